The lowest BCUT2D eigenvalue weighted by molar-refractivity contribution is -0.133. The third kappa shape index (κ3) is 9.90. The molecule has 3 amide bonds. The zero-order chi connectivity index (χ0) is 32.1. The Morgan fingerprint density at radius 2 is 1.77 bits per heavy atom. The van der Waals surface area contributed by atoms with E-state index in [-0.39, 0.29) is 30.1 Å². The first-order valence-corrected chi connectivity index (χ1v) is 15.9. The molecule has 242 valence electrons. The van der Waals surface area contributed by atoms with Crippen LogP contribution in [0.25, 0.3) is 10.9 Å². The van der Waals surface area contributed by atoms with Crippen LogP contribution in [0.15, 0.2) is 30.5 Å². The van der Waals surface area contributed by atoms with E-state index < -0.39 is 29.9 Å². The van der Waals surface area contributed by atoms with Crippen molar-refractivity contribution in [2.45, 2.75) is 109 Å². The lowest BCUT2D eigenvalue weighted by Gasteiger charge is -2.27. The van der Waals surface area contributed by atoms with Crippen LogP contribution in [0.1, 0.15) is 84.1 Å². The van der Waals surface area contributed by atoms with Gasteiger partial charge in [0.05, 0.1) is 17.6 Å². The Morgan fingerprint density at radius 3 is 2.43 bits per heavy atom. The molecule has 2 aromatic rings. The number of hydrogen-bond donors (Lipinski definition) is 4. The van der Waals surface area contributed by atoms with Crippen molar-refractivity contribution in [2.24, 2.45) is 5.92 Å². The van der Waals surface area contributed by atoms with E-state index >= 15 is 0 Å². The van der Waals surface area contributed by atoms with Gasteiger partial charge < -0.3 is 30.9 Å². The fourth-order valence-corrected chi connectivity index (χ4v) is 5.50. The quantitative estimate of drug-likeness (QED) is 0.150. The van der Waals surface area contributed by atoms with Crippen molar-refractivity contribution in [3.05, 3.63) is 36.0 Å². The number of carbonyl (C=O) groups excluding carboxylic acids is 5. The normalized spacial score (nSPS) is 17.0. The summed E-state index contributed by atoms with van der Waals surface area (Å²) in [6, 6.07) is 4.61. The summed E-state index contributed by atoms with van der Waals surface area (Å²) in [6.07, 6.45) is 8.69. The van der Waals surface area contributed by atoms with Crippen molar-refractivity contribution >= 4 is 40.7 Å². The molecule has 1 fully saturated rings. The molecule has 0 aliphatic carbocycles. The molecule has 2 heterocycles. The van der Waals surface area contributed by atoms with E-state index in [2.05, 4.69) is 21.3 Å². The second-order valence-corrected chi connectivity index (χ2v) is 11.9. The molecular weight excluding hydrogens is 562 g/mol. The van der Waals surface area contributed by atoms with Crippen LogP contribution in [-0.2, 0) is 30.4 Å². The number of aldehydes is 1. The van der Waals surface area contributed by atoms with Gasteiger partial charge in [-0.05, 0) is 49.8 Å². The van der Waals surface area contributed by atoms with Gasteiger partial charge in [-0.3, -0.25) is 19.2 Å². The molecule has 1 aliphatic rings. The lowest BCUT2D eigenvalue weighted by atomic mass is 10.00. The minimum absolute atomic E-state index is 0.141. The van der Waals surface area contributed by atoms with Gasteiger partial charge in [0.2, 0.25) is 17.7 Å². The number of amides is 3. The van der Waals surface area contributed by atoms with Crippen LogP contribution >= 0.6 is 0 Å². The van der Waals surface area contributed by atoms with Crippen LogP contribution < -0.4 is 26.1 Å². The summed E-state index contributed by atoms with van der Waals surface area (Å²) >= 11 is 0. The number of unbranched alkanes of at least 4 members (excludes halogenated alkanes) is 2. The van der Waals surface area contributed by atoms with E-state index in [0.29, 0.717) is 38.4 Å². The molecule has 0 spiro atoms. The Morgan fingerprint density at radius 1 is 1.02 bits per heavy atom. The van der Waals surface area contributed by atoms with Gasteiger partial charge in [0.15, 0.2) is 0 Å². The summed E-state index contributed by atoms with van der Waals surface area (Å²) in [5, 5.41) is 12.7. The zero-order valence-corrected chi connectivity index (χ0v) is 26.5. The molecule has 0 saturated carbocycles. The Hall–Kier alpha value is -3.73. The van der Waals surface area contributed by atoms with Gasteiger partial charge in [0.1, 0.15) is 31.3 Å². The third-order valence-corrected chi connectivity index (χ3v) is 8.29. The molecule has 4 atom stereocenters. The molecule has 1 aromatic heterocycles. The SMILES string of the molecule is CCC(=O)CCCCC[C@H](NC(=O)[C@H]1CCCCN1)C(=O)N[C@@H](Cc1cn(OC)c2ccccc12)C(=O)NC(C=O)C(C)C. The number of rotatable bonds is 18. The fourth-order valence-electron chi connectivity index (χ4n) is 5.50. The van der Waals surface area contributed by atoms with Crippen LogP contribution in [0.2, 0.25) is 0 Å². The molecule has 1 unspecified atom stereocenters. The van der Waals surface area contributed by atoms with Crippen molar-refractivity contribution in [3.63, 3.8) is 0 Å². The van der Waals surface area contributed by atoms with Gasteiger partial charge >= 0.3 is 0 Å². The summed E-state index contributed by atoms with van der Waals surface area (Å²) in [4.78, 5) is 69.5. The molecule has 0 radical (unpaired) electrons. The largest absolute Gasteiger partial charge is 0.417 e. The predicted molar refractivity (Wildman–Crippen MR) is 169 cm³/mol. The van der Waals surface area contributed by atoms with Crippen LogP contribution in [-0.4, -0.2) is 72.3 Å². The number of ketones is 1. The number of nitrogens with zero attached hydrogens (tertiary/aromatic N) is 1. The number of piperidine rings is 1. The second-order valence-electron chi connectivity index (χ2n) is 11.9. The number of para-hydroxylation sites is 1. The van der Waals surface area contributed by atoms with Gasteiger partial charge in [-0.25, -0.2) is 0 Å². The maximum Gasteiger partial charge on any atom is 0.243 e. The molecular formula is C33H49N5O6. The number of nitrogens with one attached hydrogen (secondary N) is 4. The highest BCUT2D eigenvalue weighted by molar-refractivity contribution is 5.94. The van der Waals surface area contributed by atoms with Crippen molar-refractivity contribution in [1.29, 1.82) is 0 Å². The van der Waals surface area contributed by atoms with Crippen molar-refractivity contribution in [1.82, 2.24) is 26.0 Å². The topological polar surface area (TPSA) is 148 Å². The molecule has 0 bridgehead atoms. The van der Waals surface area contributed by atoms with Gasteiger partial charge in [0, 0.05) is 30.8 Å². The van der Waals surface area contributed by atoms with E-state index in [1.165, 1.54) is 0 Å². The van der Waals surface area contributed by atoms with E-state index in [1.54, 1.807) is 18.0 Å². The van der Waals surface area contributed by atoms with Crippen molar-refractivity contribution < 1.29 is 28.8 Å². The monoisotopic (exact) mass is 611 g/mol. The summed E-state index contributed by atoms with van der Waals surface area (Å²) < 4.78 is 1.60. The standard InChI is InChI=1S/C33H49N5O6/c1-5-24(40)13-7-6-8-16-27(35-31(41)26-15-11-12-18-34-26)32(42)36-28(33(43)37-29(21-39)22(2)3)19-23-20-38(44-4)30-17-10-9-14-25(23)30/h9-10,14,17,20-22,26-29,34H,5-8,11-13,15-16,18-19H2,1-4H3,(H,35,41)(H,36,42)(H,37,43)/t26-,27+,28+,29?/m1/s1. The second kappa shape index (κ2) is 17.5. The minimum Gasteiger partial charge on any atom is -0.417 e. The number of carbonyl (C=O) groups is 5. The Balaban J connectivity index is 1.83. The summed E-state index contributed by atoms with van der Waals surface area (Å²) in [6.45, 7) is 6.25. The molecule has 11 nitrogen and oxygen atoms in total. The Bertz CT molecular complexity index is 1270. The fraction of sp³-hybridized carbons (Fsp3) is 0.606. The first-order chi connectivity index (χ1) is 21.2. The molecule has 3 rings (SSSR count). The highest BCUT2D eigenvalue weighted by Crippen LogP contribution is 2.22. The van der Waals surface area contributed by atoms with Crippen molar-refractivity contribution in [3.8, 4) is 0 Å². The molecule has 1 aliphatic heterocycles. The number of benzene rings is 1. The summed E-state index contributed by atoms with van der Waals surface area (Å²) in [5.74, 6) is -1.14. The lowest BCUT2D eigenvalue weighted by Crippen LogP contribution is -2.58. The van der Waals surface area contributed by atoms with E-state index in [0.717, 1.165) is 48.7 Å². The molecule has 1 aromatic carbocycles. The number of hydrogen-bond acceptors (Lipinski definition) is 7. The maximum absolute atomic E-state index is 13.8. The van der Waals surface area contributed by atoms with Gasteiger partial charge in [-0.2, -0.15) is 4.73 Å². The first-order valence-electron chi connectivity index (χ1n) is 15.9. The zero-order valence-electron chi connectivity index (χ0n) is 26.5. The first kappa shape index (κ1) is 34.8. The predicted octanol–water partition coefficient (Wildman–Crippen LogP) is 2.62. The Labute approximate surface area is 260 Å². The van der Waals surface area contributed by atoms with Gasteiger partial charge in [0.25, 0.3) is 0 Å². The Kier molecular flexibility index (Phi) is 13.9. The van der Waals surface area contributed by atoms with Crippen LogP contribution in [0, 0.1) is 5.92 Å². The molecule has 4 N–H and O–H groups in total. The smallest absolute Gasteiger partial charge is 0.243 e. The van der Waals surface area contributed by atoms with Crippen molar-refractivity contribution in [2.75, 3.05) is 13.7 Å². The molecule has 11 heteroatoms. The van der Waals surface area contributed by atoms with Crippen LogP contribution in [0.5, 0.6) is 0 Å². The average Bonchev–Trinajstić information content (AvgIpc) is 3.39. The third-order valence-electron chi connectivity index (χ3n) is 8.29. The van der Waals surface area contributed by atoms with E-state index in [4.69, 9.17) is 4.84 Å². The number of Topliss-reactive ketones (excluding diaryl/α,β-unsaturated/α-hetero) is 1. The van der Waals surface area contributed by atoms with E-state index in [9.17, 15) is 24.0 Å². The molecule has 44 heavy (non-hydrogen) atoms. The maximum atomic E-state index is 13.8. The summed E-state index contributed by atoms with van der Waals surface area (Å²) in [7, 11) is 1.55. The van der Waals surface area contributed by atoms with Gasteiger partial charge in [-0.1, -0.05) is 58.2 Å². The van der Waals surface area contributed by atoms with Crippen LogP contribution in [0.3, 0.4) is 0 Å². The number of aromatic nitrogens is 1. The highest BCUT2D eigenvalue weighted by atomic mass is 16.6. The van der Waals surface area contributed by atoms with Crippen LogP contribution in [0.4, 0.5) is 0 Å². The average molecular weight is 612 g/mol. The van der Waals surface area contributed by atoms with Gasteiger partial charge in [-0.15, -0.1) is 0 Å². The minimum atomic E-state index is -1.02. The van der Waals surface area contributed by atoms with E-state index in [1.807, 2.05) is 45.0 Å². The molecule has 1 saturated heterocycles. The number of fused-ring (bicyclic) bond motifs is 1. The highest BCUT2D eigenvalue weighted by Gasteiger charge is 2.31. The summed E-state index contributed by atoms with van der Waals surface area (Å²) in [5.41, 5.74) is 1.60.